The molecule has 2 N–H and O–H groups in total. The minimum Gasteiger partial charge on any atom is -0.483 e. The topological polar surface area (TPSA) is 50.4 Å². The molecule has 0 radical (unpaired) electrons. The van der Waals surface area contributed by atoms with Gasteiger partial charge in [0.15, 0.2) is 6.61 Å². The molecule has 1 atom stereocenters. The second-order valence-electron chi connectivity index (χ2n) is 8.60. The van der Waals surface area contributed by atoms with Crippen LogP contribution in [0.1, 0.15) is 42.5 Å². The Hall–Kier alpha value is -3.63. The average molecular weight is 453 g/mol. The van der Waals surface area contributed by atoms with Crippen LogP contribution >= 0.6 is 0 Å². The number of anilines is 1. The van der Waals surface area contributed by atoms with E-state index in [0.717, 1.165) is 46.2 Å². The Bertz CT molecular complexity index is 1220. The summed E-state index contributed by atoms with van der Waals surface area (Å²) >= 11 is 0. The van der Waals surface area contributed by atoms with E-state index in [0.29, 0.717) is 6.54 Å². The zero-order valence-corrected chi connectivity index (χ0v) is 19.9. The van der Waals surface area contributed by atoms with Gasteiger partial charge < -0.3 is 15.4 Å². The van der Waals surface area contributed by atoms with Gasteiger partial charge in [-0.05, 0) is 47.9 Å². The summed E-state index contributed by atoms with van der Waals surface area (Å²) in [5, 5.41) is 8.93. The van der Waals surface area contributed by atoms with Crippen molar-refractivity contribution in [1.29, 1.82) is 0 Å². The number of hydrogen-bond acceptors (Lipinski definition) is 3. The molecule has 4 nitrogen and oxygen atoms in total. The third-order valence-corrected chi connectivity index (χ3v) is 6.00. The summed E-state index contributed by atoms with van der Waals surface area (Å²) in [5.74, 6) is 0.553. The van der Waals surface area contributed by atoms with E-state index in [1.165, 1.54) is 5.56 Å². The van der Waals surface area contributed by atoms with Crippen molar-refractivity contribution in [3.05, 3.63) is 108 Å². The Morgan fingerprint density at radius 3 is 2.38 bits per heavy atom. The Morgan fingerprint density at radius 1 is 0.882 bits per heavy atom. The van der Waals surface area contributed by atoms with Gasteiger partial charge in [0.1, 0.15) is 5.75 Å². The van der Waals surface area contributed by atoms with Crippen LogP contribution in [0.15, 0.2) is 91.0 Å². The molecule has 0 aliphatic rings. The number of carbonyl (C=O) groups is 1. The number of aryl methyl sites for hydroxylation is 1. The Morgan fingerprint density at radius 2 is 1.62 bits per heavy atom. The van der Waals surface area contributed by atoms with E-state index in [4.69, 9.17) is 4.74 Å². The van der Waals surface area contributed by atoms with Crippen LogP contribution in [0.4, 0.5) is 5.69 Å². The zero-order chi connectivity index (χ0) is 23.8. The van der Waals surface area contributed by atoms with Crippen LogP contribution in [0.3, 0.4) is 0 Å². The van der Waals surface area contributed by atoms with Crippen LogP contribution in [0.5, 0.6) is 5.75 Å². The molecule has 4 aromatic carbocycles. The highest BCUT2D eigenvalue weighted by molar-refractivity contribution is 5.92. The summed E-state index contributed by atoms with van der Waals surface area (Å²) in [5.41, 5.74) is 4.27. The quantitative estimate of drug-likeness (QED) is 0.278. The number of rotatable bonds is 10. The van der Waals surface area contributed by atoms with Gasteiger partial charge in [-0.25, -0.2) is 0 Å². The molecule has 4 rings (SSSR count). The molecule has 4 aromatic rings. The monoisotopic (exact) mass is 452 g/mol. The maximum absolute atomic E-state index is 12.5. The number of ether oxygens (including phenoxy) is 1. The van der Waals surface area contributed by atoms with Gasteiger partial charge in [0.2, 0.25) is 0 Å². The van der Waals surface area contributed by atoms with E-state index >= 15 is 0 Å². The van der Waals surface area contributed by atoms with Gasteiger partial charge in [0.05, 0.1) is 0 Å². The molecule has 0 saturated carbocycles. The highest BCUT2D eigenvalue weighted by Gasteiger charge is 2.15. The van der Waals surface area contributed by atoms with Crippen LogP contribution in [0.25, 0.3) is 10.8 Å². The molecule has 174 valence electrons. The molecular formula is C30H32N2O2. The molecule has 0 heterocycles. The van der Waals surface area contributed by atoms with Crippen LogP contribution in [-0.2, 0) is 11.3 Å². The number of amides is 1. The molecule has 0 aromatic heterocycles. The highest BCUT2D eigenvalue weighted by Crippen LogP contribution is 2.29. The maximum Gasteiger partial charge on any atom is 0.262 e. The minimum atomic E-state index is -0.177. The first-order valence-electron chi connectivity index (χ1n) is 11.9. The van der Waals surface area contributed by atoms with Crippen molar-refractivity contribution >= 4 is 22.4 Å². The number of fused-ring (bicyclic) bond motifs is 1. The fraction of sp³-hybridized carbons (Fsp3) is 0.233. The van der Waals surface area contributed by atoms with E-state index < -0.39 is 0 Å². The smallest absolute Gasteiger partial charge is 0.262 e. The van der Waals surface area contributed by atoms with Crippen LogP contribution < -0.4 is 15.4 Å². The van der Waals surface area contributed by atoms with E-state index in [2.05, 4.69) is 54.0 Å². The molecule has 1 amide bonds. The Balaban J connectivity index is 1.51. The fourth-order valence-electron chi connectivity index (χ4n) is 4.20. The second kappa shape index (κ2) is 11.5. The van der Waals surface area contributed by atoms with Crippen LogP contribution in [0, 0.1) is 6.92 Å². The summed E-state index contributed by atoms with van der Waals surface area (Å²) < 4.78 is 6.05. The third kappa shape index (κ3) is 6.03. The molecule has 34 heavy (non-hydrogen) atoms. The van der Waals surface area contributed by atoms with Gasteiger partial charge in [-0.1, -0.05) is 91.7 Å². The second-order valence-corrected chi connectivity index (χ2v) is 8.60. The van der Waals surface area contributed by atoms with Crippen molar-refractivity contribution in [2.45, 2.75) is 39.3 Å². The number of carbonyl (C=O) groups excluding carboxylic acids is 1. The lowest BCUT2D eigenvalue weighted by atomic mass is 10.00. The molecule has 0 aliphatic carbocycles. The Labute approximate surface area is 202 Å². The van der Waals surface area contributed by atoms with Gasteiger partial charge in [-0.15, -0.1) is 0 Å². The molecule has 0 aliphatic heterocycles. The van der Waals surface area contributed by atoms with Crippen molar-refractivity contribution in [3.63, 3.8) is 0 Å². The standard InChI is InChI=1S/C30H32N2O2/c1-3-9-28(24-11-5-4-6-12-24)31-20-27-26-13-8-7-10-23(26)16-19-29(27)34-21-30(33)32-25-17-14-22(2)15-18-25/h4-8,10-19,28,31H,3,9,20-21H2,1-2H3,(H,32,33). The molecule has 4 heteroatoms. The minimum absolute atomic E-state index is 0.0453. The molecule has 0 saturated heterocycles. The normalized spacial score (nSPS) is 11.8. The van der Waals surface area contributed by atoms with Crippen molar-refractivity contribution in [3.8, 4) is 5.75 Å². The average Bonchev–Trinajstić information content (AvgIpc) is 2.87. The number of benzene rings is 4. The molecule has 1 unspecified atom stereocenters. The first-order valence-corrected chi connectivity index (χ1v) is 11.9. The van der Waals surface area contributed by atoms with E-state index in [1.807, 2.05) is 61.5 Å². The number of nitrogens with one attached hydrogen (secondary N) is 2. The van der Waals surface area contributed by atoms with Crippen molar-refractivity contribution < 1.29 is 9.53 Å². The molecular weight excluding hydrogens is 420 g/mol. The van der Waals surface area contributed by atoms with Crippen LogP contribution in [0.2, 0.25) is 0 Å². The van der Waals surface area contributed by atoms with E-state index in [-0.39, 0.29) is 18.6 Å². The van der Waals surface area contributed by atoms with Crippen molar-refractivity contribution in [1.82, 2.24) is 5.32 Å². The summed E-state index contributed by atoms with van der Waals surface area (Å²) in [6.45, 7) is 4.83. The first-order chi connectivity index (χ1) is 16.6. The third-order valence-electron chi connectivity index (χ3n) is 6.00. The zero-order valence-electron chi connectivity index (χ0n) is 19.9. The predicted octanol–water partition coefficient (Wildman–Crippen LogP) is 6.80. The predicted molar refractivity (Wildman–Crippen MR) is 140 cm³/mol. The summed E-state index contributed by atoms with van der Waals surface area (Å²) in [6.07, 6.45) is 2.13. The SMILES string of the molecule is CCCC(NCc1c(OCC(=O)Nc2ccc(C)cc2)ccc2ccccc12)c1ccccc1. The fourth-order valence-corrected chi connectivity index (χ4v) is 4.20. The van der Waals surface area contributed by atoms with E-state index in [9.17, 15) is 4.79 Å². The lowest BCUT2D eigenvalue weighted by Gasteiger charge is -2.21. The van der Waals surface area contributed by atoms with Gasteiger partial charge in [0.25, 0.3) is 5.91 Å². The number of hydrogen-bond donors (Lipinski definition) is 2. The molecule has 0 fully saturated rings. The van der Waals surface area contributed by atoms with Gasteiger partial charge in [-0.3, -0.25) is 4.79 Å². The lowest BCUT2D eigenvalue weighted by molar-refractivity contribution is -0.118. The maximum atomic E-state index is 12.5. The van der Waals surface area contributed by atoms with E-state index in [1.54, 1.807) is 0 Å². The molecule has 0 bridgehead atoms. The van der Waals surface area contributed by atoms with Crippen LogP contribution in [-0.4, -0.2) is 12.5 Å². The summed E-state index contributed by atoms with van der Waals surface area (Å²) in [6, 6.07) is 30.9. The first kappa shape index (κ1) is 23.5. The highest BCUT2D eigenvalue weighted by atomic mass is 16.5. The van der Waals surface area contributed by atoms with Gasteiger partial charge in [-0.2, -0.15) is 0 Å². The van der Waals surface area contributed by atoms with Crippen molar-refractivity contribution in [2.75, 3.05) is 11.9 Å². The molecule has 0 spiro atoms. The lowest BCUT2D eigenvalue weighted by Crippen LogP contribution is -2.23. The largest absolute Gasteiger partial charge is 0.483 e. The van der Waals surface area contributed by atoms with Gasteiger partial charge in [0, 0.05) is 23.8 Å². The van der Waals surface area contributed by atoms with Crippen molar-refractivity contribution in [2.24, 2.45) is 0 Å². The summed E-state index contributed by atoms with van der Waals surface area (Å²) in [4.78, 5) is 12.5. The van der Waals surface area contributed by atoms with Gasteiger partial charge >= 0.3 is 0 Å². The summed E-state index contributed by atoms with van der Waals surface area (Å²) in [7, 11) is 0. The Kier molecular flexibility index (Phi) is 7.95.